The molecule has 0 aliphatic rings. The molecule has 21 heavy (non-hydrogen) atoms. The number of benzene rings is 2. The molecule has 0 atom stereocenters. The van der Waals surface area contributed by atoms with Crippen molar-refractivity contribution in [1.82, 2.24) is 0 Å². The maximum absolute atomic E-state index is 12.2. The van der Waals surface area contributed by atoms with Crippen LogP contribution in [0.5, 0.6) is 0 Å². The third-order valence-corrected chi connectivity index (χ3v) is 4.18. The normalized spacial score (nSPS) is 10.9. The fourth-order valence-electron chi connectivity index (χ4n) is 1.86. The number of hydrogen-bond acceptors (Lipinski definition) is 3. The second-order valence-electron chi connectivity index (χ2n) is 4.48. The van der Waals surface area contributed by atoms with Gasteiger partial charge in [-0.2, -0.15) is 5.26 Å². The highest BCUT2D eigenvalue weighted by Crippen LogP contribution is 2.28. The molecule has 2 aromatic rings. The maximum atomic E-state index is 12.2. The number of nitriles is 1. The van der Waals surface area contributed by atoms with Gasteiger partial charge in [-0.25, -0.2) is 8.42 Å². The molecule has 0 radical (unpaired) electrons. The van der Waals surface area contributed by atoms with E-state index in [0.29, 0.717) is 5.56 Å². The summed E-state index contributed by atoms with van der Waals surface area (Å²) in [5.74, 6) is 0. The minimum atomic E-state index is -3.76. The van der Waals surface area contributed by atoms with E-state index in [4.69, 9.17) is 5.26 Å². The largest absolute Gasteiger partial charge is 0.573 e. The summed E-state index contributed by atoms with van der Waals surface area (Å²) in [6, 6.07) is 14.8. The smallest absolute Gasteiger partial charge is 0.123 e. The van der Waals surface area contributed by atoms with Gasteiger partial charge in [0.2, 0.25) is 0 Å². The van der Waals surface area contributed by atoms with Crippen molar-refractivity contribution in [3.05, 3.63) is 64.4 Å². The molecule has 0 saturated heterocycles. The fraction of sp³-hybridized carbons (Fsp3) is 0.133. The number of nitrogens with zero attached hydrogens (tertiary/aromatic N) is 2. The first kappa shape index (κ1) is 15.0. The van der Waals surface area contributed by atoms with Crippen molar-refractivity contribution in [3.63, 3.8) is 0 Å². The fourth-order valence-corrected chi connectivity index (χ4v) is 2.83. The summed E-state index contributed by atoms with van der Waals surface area (Å²) >= 11 is 0. The van der Waals surface area contributed by atoms with Gasteiger partial charge >= 0.3 is 0 Å². The van der Waals surface area contributed by atoms with Crippen molar-refractivity contribution in [2.45, 2.75) is 11.4 Å². The first-order chi connectivity index (χ1) is 10.0. The minimum absolute atomic E-state index is 0.143. The van der Waals surface area contributed by atoms with E-state index < -0.39 is 10.0 Å². The Labute approximate surface area is 124 Å². The summed E-state index contributed by atoms with van der Waals surface area (Å²) in [6.45, 7) is 0.793. The summed E-state index contributed by atoms with van der Waals surface area (Å²) < 4.78 is 28.2. The van der Waals surface area contributed by atoms with Crippen LogP contribution in [0.3, 0.4) is 0 Å². The van der Waals surface area contributed by atoms with Crippen molar-refractivity contribution in [3.8, 4) is 6.07 Å². The van der Waals surface area contributed by atoms with Crippen molar-refractivity contribution >= 4 is 15.7 Å². The molecular formula is C15H15N3O2S. The van der Waals surface area contributed by atoms with Gasteiger partial charge in [0.1, 0.15) is 16.6 Å². The lowest BCUT2D eigenvalue weighted by atomic mass is 10.2. The highest BCUT2D eigenvalue weighted by Gasteiger charge is 2.05. The van der Waals surface area contributed by atoms with Crippen LogP contribution in [-0.4, -0.2) is 15.5 Å². The molecular weight excluding hydrogens is 286 g/mol. The van der Waals surface area contributed by atoms with E-state index in [2.05, 4.69) is 4.72 Å². The zero-order valence-electron chi connectivity index (χ0n) is 11.5. The summed E-state index contributed by atoms with van der Waals surface area (Å²) in [5.41, 5.74) is 1.67. The van der Waals surface area contributed by atoms with Crippen LogP contribution in [0, 0.1) is 11.3 Å². The quantitative estimate of drug-likeness (QED) is 0.910. The van der Waals surface area contributed by atoms with Gasteiger partial charge in [-0.3, -0.25) is 0 Å². The van der Waals surface area contributed by atoms with Gasteiger partial charge in [-0.1, -0.05) is 30.3 Å². The molecule has 6 heteroatoms. The lowest BCUT2D eigenvalue weighted by Gasteiger charge is -2.22. The first-order valence-corrected chi connectivity index (χ1v) is 7.84. The number of hydrogen-bond donors (Lipinski definition) is 1. The Morgan fingerprint density at radius 2 is 1.90 bits per heavy atom. The Balaban J connectivity index is 2.23. The number of sulfonamides is 1. The summed E-state index contributed by atoms with van der Waals surface area (Å²) in [6.07, 6.45) is 0. The highest BCUT2D eigenvalue weighted by atomic mass is 32.2. The Morgan fingerprint density at radius 3 is 2.52 bits per heavy atom. The van der Waals surface area contributed by atoms with E-state index in [1.165, 1.54) is 6.07 Å². The lowest BCUT2D eigenvalue weighted by molar-refractivity contribution is -0.643. The van der Waals surface area contributed by atoms with Gasteiger partial charge in [0.05, 0.1) is 23.6 Å². The summed E-state index contributed by atoms with van der Waals surface area (Å²) in [4.78, 5) is 0.143. The predicted octanol–water partition coefficient (Wildman–Crippen LogP) is 1.65. The summed E-state index contributed by atoms with van der Waals surface area (Å²) in [7, 11) is -1.82. The molecule has 0 aromatic heterocycles. The zero-order chi connectivity index (χ0) is 15.3. The number of nitrogens with two attached hydrogens (primary N) is 1. The van der Waals surface area contributed by atoms with Crippen LogP contribution in [0.4, 0.5) is 5.69 Å². The van der Waals surface area contributed by atoms with Crippen molar-refractivity contribution < 1.29 is 13.7 Å². The highest BCUT2D eigenvalue weighted by molar-refractivity contribution is 7.94. The van der Waals surface area contributed by atoms with Crippen LogP contribution >= 0.6 is 0 Å². The molecule has 0 aliphatic heterocycles. The van der Waals surface area contributed by atoms with Gasteiger partial charge in [-0.15, -0.1) is 5.69 Å². The third kappa shape index (κ3) is 3.81. The molecule has 0 unspecified atom stereocenters. The molecule has 2 N–H and O–H groups in total. The van der Waals surface area contributed by atoms with E-state index in [1.807, 2.05) is 18.4 Å². The van der Waals surface area contributed by atoms with Crippen LogP contribution in [-0.2, 0) is 16.6 Å². The van der Waals surface area contributed by atoms with Gasteiger partial charge in [0.25, 0.3) is 0 Å². The SMILES string of the molecule is C[NH2+]Cc1ccc(S(=O)(=O)[N-]c2cccc(C#N)c2)cc1. The van der Waals surface area contributed by atoms with Crippen LogP contribution in [0.25, 0.3) is 4.72 Å². The van der Waals surface area contributed by atoms with Crippen LogP contribution in [0.2, 0.25) is 0 Å². The second kappa shape index (κ2) is 6.39. The van der Waals surface area contributed by atoms with Crippen molar-refractivity contribution in [1.29, 1.82) is 5.26 Å². The van der Waals surface area contributed by atoms with E-state index in [9.17, 15) is 8.42 Å². The first-order valence-electron chi connectivity index (χ1n) is 6.40. The van der Waals surface area contributed by atoms with E-state index >= 15 is 0 Å². The van der Waals surface area contributed by atoms with Crippen LogP contribution in [0.15, 0.2) is 53.4 Å². The molecule has 5 nitrogen and oxygen atoms in total. The number of rotatable bonds is 5. The summed E-state index contributed by atoms with van der Waals surface area (Å²) in [5, 5.41) is 10.8. The molecule has 2 rings (SSSR count). The van der Waals surface area contributed by atoms with Crippen LogP contribution in [0.1, 0.15) is 11.1 Å². The monoisotopic (exact) mass is 301 g/mol. The van der Waals surface area contributed by atoms with E-state index in [0.717, 1.165) is 12.1 Å². The molecule has 0 amide bonds. The van der Waals surface area contributed by atoms with Crippen LogP contribution < -0.4 is 5.32 Å². The predicted molar refractivity (Wildman–Crippen MR) is 79.4 cm³/mol. The molecule has 0 heterocycles. The van der Waals surface area contributed by atoms with Gasteiger partial charge in [0, 0.05) is 5.56 Å². The zero-order valence-corrected chi connectivity index (χ0v) is 12.3. The average molecular weight is 301 g/mol. The van der Waals surface area contributed by atoms with E-state index in [-0.39, 0.29) is 10.6 Å². The van der Waals surface area contributed by atoms with Gasteiger partial charge in [-0.05, 0) is 18.2 Å². The Morgan fingerprint density at radius 1 is 1.19 bits per heavy atom. The molecule has 0 aliphatic carbocycles. The maximum Gasteiger partial charge on any atom is 0.123 e. The molecule has 2 aromatic carbocycles. The lowest BCUT2D eigenvalue weighted by Crippen LogP contribution is -2.77. The average Bonchev–Trinajstić information content (AvgIpc) is 2.48. The topological polar surface area (TPSA) is 88.6 Å². The van der Waals surface area contributed by atoms with Gasteiger partial charge in [0.15, 0.2) is 0 Å². The second-order valence-corrected chi connectivity index (χ2v) is 6.09. The third-order valence-electron chi connectivity index (χ3n) is 2.86. The van der Waals surface area contributed by atoms with Crippen molar-refractivity contribution in [2.75, 3.05) is 7.05 Å². The Bertz CT molecular complexity index is 762. The van der Waals surface area contributed by atoms with Crippen molar-refractivity contribution in [2.24, 2.45) is 0 Å². The Kier molecular flexibility index (Phi) is 4.58. The molecule has 0 bridgehead atoms. The minimum Gasteiger partial charge on any atom is -0.573 e. The standard InChI is InChI=1S/C15H14N3O2S/c1-17-11-12-5-7-15(8-6-12)21(19,20)18-14-4-2-3-13(9-14)10-16/h2-9,17H,11H2,1H3/q-1/p+1. The van der Waals surface area contributed by atoms with E-state index in [1.54, 1.807) is 42.5 Å². The molecule has 0 spiro atoms. The molecule has 0 fully saturated rings. The Hall–Kier alpha value is -2.36. The van der Waals surface area contributed by atoms with Gasteiger partial charge < -0.3 is 10.0 Å². The number of quaternary nitrogens is 1. The molecule has 108 valence electrons. The molecule has 0 saturated carbocycles.